The molecule has 0 aromatic rings. The first-order valence-corrected chi connectivity index (χ1v) is 13.5. The predicted octanol–water partition coefficient (Wildman–Crippen LogP) is 2.49. The van der Waals surface area contributed by atoms with Crippen LogP contribution in [0, 0.1) is 52.3 Å². The summed E-state index contributed by atoms with van der Waals surface area (Å²) in [5.41, 5.74) is -1.93. The summed E-state index contributed by atoms with van der Waals surface area (Å²) >= 11 is 0. The maximum absolute atomic E-state index is 12.3. The van der Waals surface area contributed by atoms with Crippen molar-refractivity contribution in [2.45, 2.75) is 103 Å². The fourth-order valence-electron chi connectivity index (χ4n) is 9.29. The first-order valence-electron chi connectivity index (χ1n) is 13.5. The van der Waals surface area contributed by atoms with Gasteiger partial charge in [-0.3, -0.25) is 0 Å². The first kappa shape index (κ1) is 26.6. The molecule has 6 N–H and O–H groups in total. The summed E-state index contributed by atoms with van der Waals surface area (Å²) in [6.07, 6.45) is 4.61. The molecule has 0 saturated heterocycles. The van der Waals surface area contributed by atoms with Crippen LogP contribution in [0.25, 0.3) is 0 Å². The van der Waals surface area contributed by atoms with E-state index in [4.69, 9.17) is 0 Å². The largest absolute Gasteiger partial charge is 0.396 e. The van der Waals surface area contributed by atoms with Crippen molar-refractivity contribution in [3.8, 4) is 0 Å². The molecular formula is C28H48O6. The highest BCUT2D eigenvalue weighted by Crippen LogP contribution is 2.69. The van der Waals surface area contributed by atoms with Crippen LogP contribution in [0.2, 0.25) is 0 Å². The third-order valence-corrected chi connectivity index (χ3v) is 11.3. The molecule has 4 aliphatic carbocycles. The summed E-state index contributed by atoms with van der Waals surface area (Å²) in [6.45, 7) is 10.8. The molecule has 0 bridgehead atoms. The second-order valence-electron chi connectivity index (χ2n) is 13.1. The van der Waals surface area contributed by atoms with E-state index in [0.717, 1.165) is 12.8 Å². The average Bonchev–Trinajstić information content (AvgIpc) is 3.05. The summed E-state index contributed by atoms with van der Waals surface area (Å²) in [6, 6.07) is 0. The molecule has 0 amide bonds. The highest BCUT2D eigenvalue weighted by Gasteiger charge is 2.71. The van der Waals surface area contributed by atoms with Gasteiger partial charge in [-0.15, -0.1) is 0 Å². The molecule has 4 rings (SSSR count). The van der Waals surface area contributed by atoms with Crippen molar-refractivity contribution in [2.75, 3.05) is 6.61 Å². The Morgan fingerprint density at radius 2 is 1.53 bits per heavy atom. The molecule has 0 aliphatic heterocycles. The average molecular weight is 481 g/mol. The number of rotatable bonds is 5. The molecule has 4 fully saturated rings. The number of hydrogen-bond acceptors (Lipinski definition) is 6. The van der Waals surface area contributed by atoms with Crippen molar-refractivity contribution >= 4 is 0 Å². The molecular weight excluding hydrogens is 432 g/mol. The normalized spacial score (nSPS) is 53.6. The zero-order valence-electron chi connectivity index (χ0n) is 21.6. The molecule has 0 spiro atoms. The van der Waals surface area contributed by atoms with E-state index in [1.165, 1.54) is 0 Å². The first-order chi connectivity index (χ1) is 15.8. The minimum absolute atomic E-state index is 0.127. The van der Waals surface area contributed by atoms with Crippen LogP contribution in [0.1, 0.15) is 73.1 Å². The van der Waals surface area contributed by atoms with Crippen LogP contribution >= 0.6 is 0 Å². The van der Waals surface area contributed by atoms with Gasteiger partial charge in [-0.05, 0) is 72.5 Å². The van der Waals surface area contributed by atoms with Crippen molar-refractivity contribution in [3.63, 3.8) is 0 Å². The van der Waals surface area contributed by atoms with E-state index < -0.39 is 41.3 Å². The Hall–Kier alpha value is -0.500. The van der Waals surface area contributed by atoms with Crippen molar-refractivity contribution in [1.82, 2.24) is 0 Å². The lowest BCUT2D eigenvalue weighted by Gasteiger charge is -2.66. The SMILES string of the molecule is C[C@H](/C=C/[C@@H](C)[C@H]1C[C@@H](O)[C@@H]2[C@]1(C)CC[C@@H]1[C@@]3(C)CC[C@H](O)[C@H](O)[C@@H]3[C@@H](O)C[C@]12O)[C@H](C)CO. The Morgan fingerprint density at radius 1 is 0.882 bits per heavy atom. The van der Waals surface area contributed by atoms with Gasteiger partial charge in [-0.25, -0.2) is 0 Å². The molecule has 0 unspecified atom stereocenters. The van der Waals surface area contributed by atoms with Crippen LogP contribution in [0.3, 0.4) is 0 Å². The lowest BCUT2D eigenvalue weighted by molar-refractivity contribution is -0.280. The van der Waals surface area contributed by atoms with E-state index in [9.17, 15) is 30.6 Å². The molecule has 4 aliphatic rings. The monoisotopic (exact) mass is 480 g/mol. The Balaban J connectivity index is 1.63. The third-order valence-electron chi connectivity index (χ3n) is 11.3. The highest BCUT2D eigenvalue weighted by molar-refractivity contribution is 5.21. The van der Waals surface area contributed by atoms with Crippen LogP contribution in [0.4, 0.5) is 0 Å². The van der Waals surface area contributed by atoms with E-state index in [1.807, 2.05) is 6.92 Å². The Labute approximate surface area is 205 Å². The van der Waals surface area contributed by atoms with Crippen LogP contribution in [0.15, 0.2) is 12.2 Å². The van der Waals surface area contributed by atoms with Gasteiger partial charge in [0.25, 0.3) is 0 Å². The van der Waals surface area contributed by atoms with Gasteiger partial charge in [-0.2, -0.15) is 0 Å². The van der Waals surface area contributed by atoms with Crippen LogP contribution in [-0.4, -0.2) is 67.3 Å². The number of hydrogen-bond donors (Lipinski definition) is 6. The second kappa shape index (κ2) is 9.11. The van der Waals surface area contributed by atoms with Gasteiger partial charge in [0.05, 0.1) is 30.0 Å². The molecule has 0 heterocycles. The quantitative estimate of drug-likeness (QED) is 0.336. The van der Waals surface area contributed by atoms with Gasteiger partial charge in [0.1, 0.15) is 0 Å². The summed E-state index contributed by atoms with van der Waals surface area (Å²) < 4.78 is 0. The number of fused-ring (bicyclic) bond motifs is 5. The number of aliphatic hydroxyl groups is 6. The summed E-state index contributed by atoms with van der Waals surface area (Å²) in [5, 5.41) is 65.5. The minimum atomic E-state index is -1.20. The predicted molar refractivity (Wildman–Crippen MR) is 131 cm³/mol. The summed E-state index contributed by atoms with van der Waals surface area (Å²) in [7, 11) is 0. The lowest BCUT2D eigenvalue weighted by Crippen LogP contribution is -2.70. The molecule has 6 nitrogen and oxygen atoms in total. The third kappa shape index (κ3) is 3.83. The molecule has 0 radical (unpaired) electrons. The zero-order chi connectivity index (χ0) is 25.2. The van der Waals surface area contributed by atoms with Gasteiger partial charge in [0.2, 0.25) is 0 Å². The maximum Gasteiger partial charge on any atom is 0.0857 e. The van der Waals surface area contributed by atoms with Crippen molar-refractivity contribution in [3.05, 3.63) is 12.2 Å². The van der Waals surface area contributed by atoms with Gasteiger partial charge >= 0.3 is 0 Å². The maximum atomic E-state index is 12.3. The molecule has 14 atom stereocenters. The lowest BCUT2D eigenvalue weighted by atomic mass is 9.41. The van der Waals surface area contributed by atoms with Gasteiger partial charge in [-0.1, -0.05) is 46.8 Å². The van der Waals surface area contributed by atoms with E-state index >= 15 is 0 Å². The van der Waals surface area contributed by atoms with Gasteiger partial charge in [0, 0.05) is 24.9 Å². The molecule has 196 valence electrons. The van der Waals surface area contributed by atoms with Crippen molar-refractivity contribution in [1.29, 1.82) is 0 Å². The van der Waals surface area contributed by atoms with Crippen LogP contribution < -0.4 is 0 Å². The number of allylic oxidation sites excluding steroid dienone is 2. The van der Waals surface area contributed by atoms with E-state index in [0.29, 0.717) is 19.3 Å². The van der Waals surface area contributed by atoms with Gasteiger partial charge < -0.3 is 30.6 Å². The molecule has 34 heavy (non-hydrogen) atoms. The minimum Gasteiger partial charge on any atom is -0.396 e. The van der Waals surface area contributed by atoms with E-state index in [1.54, 1.807) is 0 Å². The fraction of sp³-hybridized carbons (Fsp3) is 0.929. The molecule has 0 aromatic carbocycles. The number of aliphatic hydroxyl groups excluding tert-OH is 5. The summed E-state index contributed by atoms with van der Waals surface area (Å²) in [5.74, 6) is -0.0201. The second-order valence-corrected chi connectivity index (χ2v) is 13.1. The fourth-order valence-corrected chi connectivity index (χ4v) is 9.29. The standard InChI is InChI=1S/C28H48O6/c1-15(17(3)14-29)6-7-16(2)18-12-20(31)25-26(18,4)11-9-22-27(5)10-8-19(30)24(33)23(27)21(32)13-28(22,25)34/h6-7,15-25,29-34H,8-14H2,1-5H3/b7-6+/t15-,16-,17-,18-,19+,20-,21+,22-,23+,24+,25-,26-,27-,28+/m1/s1. The molecule has 6 heteroatoms. The highest BCUT2D eigenvalue weighted by atomic mass is 16.3. The smallest absolute Gasteiger partial charge is 0.0857 e. The van der Waals surface area contributed by atoms with Crippen molar-refractivity contribution in [2.24, 2.45) is 52.3 Å². The Morgan fingerprint density at radius 3 is 2.18 bits per heavy atom. The van der Waals surface area contributed by atoms with Crippen molar-refractivity contribution < 1.29 is 30.6 Å². The van der Waals surface area contributed by atoms with Gasteiger partial charge in [0.15, 0.2) is 0 Å². The molecule has 4 saturated carbocycles. The van der Waals surface area contributed by atoms with E-state index in [2.05, 4.69) is 39.8 Å². The Bertz CT molecular complexity index is 772. The zero-order valence-corrected chi connectivity index (χ0v) is 21.6. The topological polar surface area (TPSA) is 121 Å². The molecule has 0 aromatic heterocycles. The van der Waals surface area contributed by atoms with E-state index in [-0.39, 0.29) is 54.0 Å². The van der Waals surface area contributed by atoms with Crippen LogP contribution in [-0.2, 0) is 0 Å². The Kier molecular flexibility index (Phi) is 7.12. The van der Waals surface area contributed by atoms with Crippen LogP contribution in [0.5, 0.6) is 0 Å². The summed E-state index contributed by atoms with van der Waals surface area (Å²) in [4.78, 5) is 0.